The van der Waals surface area contributed by atoms with Gasteiger partial charge in [-0.25, -0.2) is 4.79 Å². The summed E-state index contributed by atoms with van der Waals surface area (Å²) in [6.07, 6.45) is 2.87. The van der Waals surface area contributed by atoms with Gasteiger partial charge in [0.05, 0.1) is 17.3 Å². The Bertz CT molecular complexity index is 931. The van der Waals surface area contributed by atoms with Crippen molar-refractivity contribution in [3.8, 4) is 0 Å². The van der Waals surface area contributed by atoms with Crippen LogP contribution >= 0.6 is 0 Å². The van der Waals surface area contributed by atoms with Crippen LogP contribution in [0.3, 0.4) is 0 Å². The minimum Gasteiger partial charge on any atom is -0.324 e. The standard InChI is InChI=1S/C23H26N4O3/c28-21-13-7-15-27(21)20-12-5-4-11-19(20)25-22(29)17-8-6-14-26(16-17)23(30)24-18-9-2-1-3-10-18/h1-5,9-12,17H,6-8,13-16H2,(H,24,30)(H,25,29)/t17-/m1/s1. The van der Waals surface area contributed by atoms with Crippen molar-refractivity contribution in [1.29, 1.82) is 0 Å². The molecule has 4 rings (SSSR count). The van der Waals surface area contributed by atoms with Gasteiger partial charge < -0.3 is 20.4 Å². The van der Waals surface area contributed by atoms with Crippen LogP contribution in [-0.2, 0) is 9.59 Å². The lowest BCUT2D eigenvalue weighted by Gasteiger charge is -2.32. The molecule has 0 radical (unpaired) electrons. The fourth-order valence-electron chi connectivity index (χ4n) is 4.05. The maximum absolute atomic E-state index is 13.0. The van der Waals surface area contributed by atoms with Crippen LogP contribution in [-0.4, -0.2) is 42.4 Å². The Kier molecular flexibility index (Phi) is 5.97. The summed E-state index contributed by atoms with van der Waals surface area (Å²) in [4.78, 5) is 41.1. The summed E-state index contributed by atoms with van der Waals surface area (Å²) in [7, 11) is 0. The summed E-state index contributed by atoms with van der Waals surface area (Å²) in [6, 6.07) is 16.5. The average Bonchev–Trinajstić information content (AvgIpc) is 3.20. The van der Waals surface area contributed by atoms with Crippen molar-refractivity contribution in [2.24, 2.45) is 5.92 Å². The smallest absolute Gasteiger partial charge is 0.321 e. The van der Waals surface area contributed by atoms with Crippen molar-refractivity contribution in [3.05, 3.63) is 54.6 Å². The molecule has 2 aromatic carbocycles. The Balaban J connectivity index is 1.40. The number of nitrogens with zero attached hydrogens (tertiary/aromatic N) is 2. The molecule has 156 valence electrons. The van der Waals surface area contributed by atoms with E-state index in [1.807, 2.05) is 54.6 Å². The number of carbonyl (C=O) groups excluding carboxylic acids is 3. The molecule has 4 amide bonds. The van der Waals surface area contributed by atoms with Crippen LogP contribution in [0.4, 0.5) is 21.9 Å². The zero-order valence-corrected chi connectivity index (χ0v) is 16.8. The quantitative estimate of drug-likeness (QED) is 0.812. The van der Waals surface area contributed by atoms with Gasteiger partial charge in [0.2, 0.25) is 11.8 Å². The molecule has 1 atom stereocenters. The molecular weight excluding hydrogens is 380 g/mol. The van der Waals surface area contributed by atoms with Crippen LogP contribution in [0.5, 0.6) is 0 Å². The molecule has 0 bridgehead atoms. The van der Waals surface area contributed by atoms with Gasteiger partial charge >= 0.3 is 6.03 Å². The monoisotopic (exact) mass is 406 g/mol. The summed E-state index contributed by atoms with van der Waals surface area (Å²) in [5.41, 5.74) is 2.12. The van der Waals surface area contributed by atoms with Gasteiger partial charge in [-0.1, -0.05) is 30.3 Å². The first-order valence-corrected chi connectivity index (χ1v) is 10.4. The normalized spacial score (nSPS) is 18.9. The molecule has 2 aliphatic rings. The number of nitrogens with one attached hydrogen (secondary N) is 2. The number of hydrogen-bond acceptors (Lipinski definition) is 3. The zero-order valence-electron chi connectivity index (χ0n) is 16.8. The highest BCUT2D eigenvalue weighted by molar-refractivity contribution is 6.02. The topological polar surface area (TPSA) is 81.8 Å². The number of carbonyl (C=O) groups is 3. The Morgan fingerprint density at radius 3 is 2.43 bits per heavy atom. The number of benzene rings is 2. The summed E-state index contributed by atoms with van der Waals surface area (Å²) in [6.45, 7) is 1.67. The first kappa shape index (κ1) is 19.9. The Labute approximate surface area is 176 Å². The second-order valence-corrected chi connectivity index (χ2v) is 7.74. The number of urea groups is 1. The molecule has 0 saturated carbocycles. The maximum Gasteiger partial charge on any atom is 0.321 e. The molecule has 7 nitrogen and oxygen atoms in total. The van der Waals surface area contributed by atoms with E-state index in [0.29, 0.717) is 31.7 Å². The van der Waals surface area contributed by atoms with Gasteiger partial charge in [-0.05, 0) is 43.5 Å². The molecule has 30 heavy (non-hydrogen) atoms. The number of rotatable bonds is 4. The first-order valence-electron chi connectivity index (χ1n) is 10.4. The Hall–Kier alpha value is -3.35. The Morgan fingerprint density at radius 1 is 0.900 bits per heavy atom. The van der Waals surface area contributed by atoms with Gasteiger partial charge in [-0.3, -0.25) is 9.59 Å². The van der Waals surface area contributed by atoms with E-state index >= 15 is 0 Å². The van der Waals surface area contributed by atoms with Gasteiger partial charge in [0.1, 0.15) is 0 Å². The highest BCUT2D eigenvalue weighted by Crippen LogP contribution is 2.30. The summed E-state index contributed by atoms with van der Waals surface area (Å²) < 4.78 is 0. The molecule has 2 heterocycles. The van der Waals surface area contributed by atoms with Gasteiger partial charge in [-0.15, -0.1) is 0 Å². The molecule has 2 N–H and O–H groups in total. The van der Waals surface area contributed by atoms with Gasteiger partial charge in [-0.2, -0.15) is 0 Å². The molecule has 2 saturated heterocycles. The molecule has 2 aromatic rings. The van der Waals surface area contributed by atoms with E-state index in [1.165, 1.54) is 0 Å². The number of likely N-dealkylation sites (tertiary alicyclic amines) is 1. The highest BCUT2D eigenvalue weighted by atomic mass is 16.2. The third-order valence-electron chi connectivity index (χ3n) is 5.63. The third kappa shape index (κ3) is 4.45. The average molecular weight is 406 g/mol. The molecule has 7 heteroatoms. The van der Waals surface area contributed by atoms with Gasteiger partial charge in [0.15, 0.2) is 0 Å². The maximum atomic E-state index is 13.0. The largest absolute Gasteiger partial charge is 0.324 e. The van der Waals surface area contributed by atoms with Crippen LogP contribution in [0.15, 0.2) is 54.6 Å². The van der Waals surface area contributed by atoms with E-state index in [0.717, 1.165) is 30.6 Å². The van der Waals surface area contributed by atoms with Crippen molar-refractivity contribution < 1.29 is 14.4 Å². The van der Waals surface area contributed by atoms with E-state index in [1.54, 1.807) is 9.80 Å². The molecule has 2 fully saturated rings. The van der Waals surface area contributed by atoms with Crippen molar-refractivity contribution >= 4 is 34.9 Å². The van der Waals surface area contributed by atoms with E-state index in [4.69, 9.17) is 0 Å². The molecule has 0 aromatic heterocycles. The molecular formula is C23H26N4O3. The van der Waals surface area contributed by atoms with Crippen molar-refractivity contribution in [1.82, 2.24) is 4.90 Å². The number of hydrogen-bond donors (Lipinski definition) is 2. The zero-order chi connectivity index (χ0) is 20.9. The number of piperidine rings is 1. The lowest BCUT2D eigenvalue weighted by atomic mass is 9.97. The predicted molar refractivity (Wildman–Crippen MR) is 116 cm³/mol. The molecule has 0 unspecified atom stereocenters. The summed E-state index contributed by atoms with van der Waals surface area (Å²) in [5, 5.41) is 5.88. The third-order valence-corrected chi connectivity index (χ3v) is 5.63. The minimum atomic E-state index is -0.289. The van der Waals surface area contributed by atoms with Crippen molar-refractivity contribution in [2.75, 3.05) is 35.2 Å². The summed E-state index contributed by atoms with van der Waals surface area (Å²) >= 11 is 0. The van der Waals surface area contributed by atoms with E-state index in [2.05, 4.69) is 10.6 Å². The number of anilines is 3. The van der Waals surface area contributed by atoms with E-state index in [-0.39, 0.29) is 23.8 Å². The van der Waals surface area contributed by atoms with Gasteiger partial charge in [0, 0.05) is 31.7 Å². The lowest BCUT2D eigenvalue weighted by molar-refractivity contribution is -0.121. The second-order valence-electron chi connectivity index (χ2n) is 7.74. The van der Waals surface area contributed by atoms with E-state index in [9.17, 15) is 14.4 Å². The minimum absolute atomic E-state index is 0.0816. The van der Waals surface area contributed by atoms with Crippen molar-refractivity contribution in [2.45, 2.75) is 25.7 Å². The van der Waals surface area contributed by atoms with E-state index < -0.39 is 0 Å². The van der Waals surface area contributed by atoms with Crippen molar-refractivity contribution in [3.63, 3.8) is 0 Å². The second kappa shape index (κ2) is 8.98. The van der Waals surface area contributed by atoms with Crippen LogP contribution < -0.4 is 15.5 Å². The predicted octanol–water partition coefficient (Wildman–Crippen LogP) is 3.70. The SMILES string of the molecule is O=C(Nc1ccccc1N1CCCC1=O)[C@@H]1CCCN(C(=O)Nc2ccccc2)C1. The fourth-order valence-corrected chi connectivity index (χ4v) is 4.05. The van der Waals surface area contributed by atoms with Crippen LogP contribution in [0.1, 0.15) is 25.7 Å². The van der Waals surface area contributed by atoms with Crippen LogP contribution in [0.25, 0.3) is 0 Å². The first-order chi connectivity index (χ1) is 14.6. The molecule has 0 aliphatic carbocycles. The number of amides is 4. The lowest BCUT2D eigenvalue weighted by Crippen LogP contribution is -2.45. The molecule has 0 spiro atoms. The fraction of sp³-hybridized carbons (Fsp3) is 0.348. The highest BCUT2D eigenvalue weighted by Gasteiger charge is 2.30. The number of para-hydroxylation sites is 3. The molecule has 2 aliphatic heterocycles. The van der Waals surface area contributed by atoms with Crippen LogP contribution in [0.2, 0.25) is 0 Å². The van der Waals surface area contributed by atoms with Gasteiger partial charge in [0.25, 0.3) is 0 Å². The summed E-state index contributed by atoms with van der Waals surface area (Å²) in [5.74, 6) is -0.327. The van der Waals surface area contributed by atoms with Crippen LogP contribution in [0, 0.1) is 5.92 Å². The Morgan fingerprint density at radius 2 is 1.67 bits per heavy atom.